The van der Waals surface area contributed by atoms with Crippen molar-refractivity contribution in [2.45, 2.75) is 116 Å². The van der Waals surface area contributed by atoms with Crippen LogP contribution in [0.2, 0.25) is 0 Å². The summed E-state index contributed by atoms with van der Waals surface area (Å²) in [4.78, 5) is 0. The molecule has 0 fully saturated rings. The van der Waals surface area contributed by atoms with E-state index in [0.717, 1.165) is 24.0 Å². The van der Waals surface area contributed by atoms with Crippen LogP contribution < -0.4 is 0 Å². The fraction of sp³-hybridized carbons (Fsp3) is 1.00. The Morgan fingerprint density at radius 2 is 0.706 bits per heavy atom. The Morgan fingerprint density at radius 3 is 1.06 bits per heavy atom. The Morgan fingerprint density at radius 1 is 0.382 bits per heavy atom. The molecule has 0 radical (unpaired) electrons. The molecular weight excluding hydrogens is 424 g/mol. The zero-order chi connectivity index (χ0) is 25.4. The van der Waals surface area contributed by atoms with Crippen molar-refractivity contribution >= 4 is 0 Å². The fourth-order valence-corrected chi connectivity index (χ4v) is 5.34. The summed E-state index contributed by atoms with van der Waals surface area (Å²) < 4.78 is 1.67. The Balaban J connectivity index is 3.68. The van der Waals surface area contributed by atoms with E-state index < -0.39 is 0 Å². The van der Waals surface area contributed by atoms with Crippen LogP contribution in [0.5, 0.6) is 0 Å². The summed E-state index contributed by atoms with van der Waals surface area (Å²) in [6, 6.07) is 0. The van der Waals surface area contributed by atoms with Gasteiger partial charge in [0.15, 0.2) is 0 Å². The lowest BCUT2D eigenvalue weighted by Crippen LogP contribution is -2.55. The lowest BCUT2D eigenvalue weighted by molar-refractivity contribution is -0.936. The second-order valence-corrected chi connectivity index (χ2v) is 11.4. The van der Waals surface area contributed by atoms with Crippen LogP contribution >= 0.6 is 0 Å². The highest BCUT2D eigenvalue weighted by molar-refractivity contribution is 4.51. The van der Waals surface area contributed by atoms with Gasteiger partial charge in [0, 0.05) is 6.42 Å². The molecule has 0 amide bonds. The quantitative estimate of drug-likeness (QED) is 0.106. The summed E-state index contributed by atoms with van der Waals surface area (Å²) in [6.45, 7) is 7.72. The van der Waals surface area contributed by atoms with Crippen molar-refractivity contribution in [3.63, 3.8) is 0 Å². The molecule has 0 aliphatic rings. The minimum absolute atomic E-state index is 0.109. The predicted molar refractivity (Wildman–Crippen MR) is 147 cm³/mol. The van der Waals surface area contributed by atoms with Crippen molar-refractivity contribution < 1.29 is 24.3 Å². The predicted octanol–water partition coefficient (Wildman–Crippen LogP) is 5.51. The first-order valence-electron chi connectivity index (χ1n) is 14.9. The fourth-order valence-electron chi connectivity index (χ4n) is 5.34. The monoisotopic (exact) mass is 488 g/mol. The highest BCUT2D eigenvalue weighted by atomic mass is 16.3. The Bertz CT molecular complexity index is 401. The highest BCUT2D eigenvalue weighted by Gasteiger charge is 2.27. The zero-order valence-corrected chi connectivity index (χ0v) is 23.6. The van der Waals surface area contributed by atoms with Gasteiger partial charge in [-0.15, -0.1) is 0 Å². The zero-order valence-electron chi connectivity index (χ0n) is 23.6. The lowest BCUT2D eigenvalue weighted by atomic mass is 10.0. The van der Waals surface area contributed by atoms with Crippen LogP contribution in [0.1, 0.15) is 116 Å². The maximum Gasteiger partial charge on any atom is 0.102 e. The molecule has 0 unspecified atom stereocenters. The molecule has 0 aromatic rings. The molecule has 0 bridgehead atoms. The summed E-state index contributed by atoms with van der Waals surface area (Å²) in [6.07, 6.45) is 23.6. The third-order valence-electron chi connectivity index (χ3n) is 7.74. The number of unbranched alkanes of at least 4 members (excludes halogenated alkanes) is 15. The summed E-state index contributed by atoms with van der Waals surface area (Å²) in [5.74, 6) is 0. The van der Waals surface area contributed by atoms with E-state index in [1.165, 1.54) is 109 Å². The molecule has 0 atom stereocenters. The van der Waals surface area contributed by atoms with E-state index in [9.17, 15) is 15.3 Å². The maximum atomic E-state index is 9.44. The van der Waals surface area contributed by atoms with Crippen molar-refractivity contribution in [1.82, 2.24) is 0 Å². The molecule has 34 heavy (non-hydrogen) atoms. The van der Waals surface area contributed by atoms with Crippen molar-refractivity contribution in [1.29, 1.82) is 0 Å². The van der Waals surface area contributed by atoms with Crippen LogP contribution in [0.25, 0.3) is 0 Å². The second kappa shape index (κ2) is 23.2. The van der Waals surface area contributed by atoms with Gasteiger partial charge in [0.25, 0.3) is 0 Å². The van der Waals surface area contributed by atoms with Crippen molar-refractivity contribution in [3.8, 4) is 0 Å². The number of nitrogens with zero attached hydrogens (tertiary/aromatic N) is 2. The molecule has 0 saturated carbocycles. The molecule has 0 rings (SSSR count). The average molecular weight is 489 g/mol. The third-order valence-corrected chi connectivity index (χ3v) is 7.74. The lowest BCUT2D eigenvalue weighted by Gasteiger charge is -2.38. The Kier molecular flexibility index (Phi) is 23.1. The molecule has 206 valence electrons. The molecule has 3 N–H and O–H groups in total. The summed E-state index contributed by atoms with van der Waals surface area (Å²) in [5, 5.41) is 28.3. The van der Waals surface area contributed by atoms with Crippen molar-refractivity contribution in [2.75, 3.05) is 73.2 Å². The molecule has 0 aromatic heterocycles. The molecule has 5 nitrogen and oxygen atoms in total. The number of hydrogen-bond donors (Lipinski definition) is 3. The van der Waals surface area contributed by atoms with Crippen LogP contribution in [0, 0.1) is 0 Å². The largest absolute Gasteiger partial charge is 0.391 e. The van der Waals surface area contributed by atoms with Gasteiger partial charge in [-0.2, -0.15) is 0 Å². The first-order valence-corrected chi connectivity index (χ1v) is 14.9. The topological polar surface area (TPSA) is 60.7 Å². The first-order chi connectivity index (χ1) is 16.4. The van der Waals surface area contributed by atoms with Gasteiger partial charge in [-0.1, -0.05) is 96.8 Å². The second-order valence-electron chi connectivity index (χ2n) is 11.4. The van der Waals surface area contributed by atoms with Crippen LogP contribution in [-0.4, -0.2) is 97.5 Å². The van der Waals surface area contributed by atoms with E-state index in [0.29, 0.717) is 24.1 Å². The summed E-state index contributed by atoms with van der Waals surface area (Å²) >= 11 is 0. The molecule has 0 aliphatic carbocycles. The molecule has 0 saturated heterocycles. The van der Waals surface area contributed by atoms with E-state index in [1.807, 2.05) is 0 Å². The molecule has 0 heterocycles. The van der Waals surface area contributed by atoms with E-state index in [4.69, 9.17) is 0 Å². The standard InChI is InChI=1S/C29H64N2O3/c1-4-5-6-7-8-9-10-11-12-13-14-15-16-17-18-19-21-30(2,3)22-20-23-31(24-27-32,25-28-33)26-29-34/h32-34H,4-29H2,1-3H3/q+2. The van der Waals surface area contributed by atoms with Gasteiger partial charge in [-0.25, -0.2) is 0 Å². The first kappa shape index (κ1) is 33.8. The normalized spacial score (nSPS) is 12.5. The molecular formula is C29H64N2O3+2. The number of rotatable bonds is 27. The van der Waals surface area contributed by atoms with Gasteiger partial charge in [0.1, 0.15) is 19.6 Å². The van der Waals surface area contributed by atoms with Gasteiger partial charge in [-0.05, 0) is 12.8 Å². The SMILES string of the molecule is CCCCCCCCCCCCCCCCCC[N+](C)(C)CCC[N+](CCO)(CCO)CCO. The van der Waals surface area contributed by atoms with E-state index in [2.05, 4.69) is 21.0 Å². The van der Waals surface area contributed by atoms with Gasteiger partial charge in [-0.3, -0.25) is 0 Å². The van der Waals surface area contributed by atoms with Gasteiger partial charge in [0.05, 0.1) is 53.6 Å². The average Bonchev–Trinajstić information content (AvgIpc) is 2.79. The van der Waals surface area contributed by atoms with Gasteiger partial charge in [0.2, 0.25) is 0 Å². The van der Waals surface area contributed by atoms with Crippen molar-refractivity contribution in [2.24, 2.45) is 0 Å². The van der Waals surface area contributed by atoms with Crippen LogP contribution in [0.4, 0.5) is 0 Å². The van der Waals surface area contributed by atoms with Crippen LogP contribution in [-0.2, 0) is 0 Å². The Labute approximate surface area is 213 Å². The van der Waals surface area contributed by atoms with Gasteiger partial charge >= 0.3 is 0 Å². The van der Waals surface area contributed by atoms with E-state index in [1.54, 1.807) is 0 Å². The number of hydrogen-bond acceptors (Lipinski definition) is 3. The molecule has 0 aromatic carbocycles. The van der Waals surface area contributed by atoms with Crippen LogP contribution in [0.3, 0.4) is 0 Å². The Hall–Kier alpha value is -0.200. The minimum atomic E-state index is 0.109. The van der Waals surface area contributed by atoms with E-state index in [-0.39, 0.29) is 19.8 Å². The molecule has 0 spiro atoms. The molecule has 5 heteroatoms. The highest BCUT2D eigenvalue weighted by Crippen LogP contribution is 2.15. The number of aliphatic hydroxyl groups is 3. The molecule has 0 aliphatic heterocycles. The van der Waals surface area contributed by atoms with Gasteiger partial charge < -0.3 is 24.3 Å². The third kappa shape index (κ3) is 20.0. The number of aliphatic hydroxyl groups excluding tert-OH is 3. The van der Waals surface area contributed by atoms with Crippen LogP contribution in [0.15, 0.2) is 0 Å². The maximum absolute atomic E-state index is 9.44. The number of quaternary nitrogens is 2. The summed E-state index contributed by atoms with van der Waals surface area (Å²) in [5.41, 5.74) is 0. The summed E-state index contributed by atoms with van der Waals surface area (Å²) in [7, 11) is 4.65. The van der Waals surface area contributed by atoms with E-state index >= 15 is 0 Å². The smallest absolute Gasteiger partial charge is 0.102 e. The van der Waals surface area contributed by atoms with Crippen molar-refractivity contribution in [3.05, 3.63) is 0 Å². The minimum Gasteiger partial charge on any atom is -0.391 e.